The van der Waals surface area contributed by atoms with Gasteiger partial charge in [0.25, 0.3) is 0 Å². The van der Waals surface area contributed by atoms with E-state index >= 15 is 0 Å². The van der Waals surface area contributed by atoms with Crippen LogP contribution in [0, 0.1) is 20.8 Å². The number of benzene rings is 1. The van der Waals surface area contributed by atoms with Crippen LogP contribution in [0.5, 0.6) is 11.5 Å². The second kappa shape index (κ2) is 8.50. The van der Waals surface area contributed by atoms with E-state index in [0.29, 0.717) is 19.8 Å². The first-order chi connectivity index (χ1) is 16.0. The number of aryl methyl sites for hydroxylation is 3. The van der Waals surface area contributed by atoms with Crippen molar-refractivity contribution in [1.82, 2.24) is 14.8 Å². The Kier molecular flexibility index (Phi) is 5.66. The molecule has 3 aromatic rings. The van der Waals surface area contributed by atoms with Gasteiger partial charge in [0, 0.05) is 54.2 Å². The predicted molar refractivity (Wildman–Crippen MR) is 127 cm³/mol. The molecule has 1 aromatic carbocycles. The minimum absolute atomic E-state index is 0.416. The molecule has 176 valence electrons. The van der Waals surface area contributed by atoms with Crippen LogP contribution in [0.3, 0.4) is 0 Å². The van der Waals surface area contributed by atoms with Crippen LogP contribution in [-0.4, -0.2) is 60.6 Å². The molecule has 2 aliphatic heterocycles. The normalized spacial score (nSPS) is 17.8. The van der Waals surface area contributed by atoms with E-state index in [9.17, 15) is 0 Å². The summed E-state index contributed by atoms with van der Waals surface area (Å²) in [5.41, 5.74) is 4.14. The Balaban J connectivity index is 1.60. The summed E-state index contributed by atoms with van der Waals surface area (Å²) in [7, 11) is 1.69. The maximum atomic E-state index is 5.92. The molecular formula is C25H32N4O4. The van der Waals surface area contributed by atoms with E-state index in [4.69, 9.17) is 18.9 Å². The molecule has 0 bridgehead atoms. The molecule has 1 spiro atoms. The maximum Gasteiger partial charge on any atom is 0.171 e. The fourth-order valence-corrected chi connectivity index (χ4v) is 5.30. The highest BCUT2D eigenvalue weighted by atomic mass is 16.7. The van der Waals surface area contributed by atoms with E-state index in [-0.39, 0.29) is 0 Å². The fraction of sp³-hybridized carbons (Fsp3) is 0.520. The van der Waals surface area contributed by atoms with E-state index in [2.05, 4.69) is 39.6 Å². The van der Waals surface area contributed by atoms with Crippen LogP contribution in [0.4, 0.5) is 5.82 Å². The number of nitrogens with zero attached hydrogens (tertiary/aromatic N) is 4. The van der Waals surface area contributed by atoms with Gasteiger partial charge in [-0.05, 0) is 39.8 Å². The van der Waals surface area contributed by atoms with Crippen molar-refractivity contribution in [2.45, 2.75) is 46.3 Å². The highest BCUT2D eigenvalue weighted by Gasteiger charge is 2.40. The molecule has 8 nitrogen and oxygen atoms in total. The zero-order valence-electron chi connectivity index (χ0n) is 20.1. The smallest absolute Gasteiger partial charge is 0.171 e. The molecule has 2 aliphatic rings. The van der Waals surface area contributed by atoms with Crippen molar-refractivity contribution in [2.75, 3.05) is 44.9 Å². The van der Waals surface area contributed by atoms with Gasteiger partial charge in [0.2, 0.25) is 0 Å². The standard InChI is InChI=1S/C25H32N4O4/c1-6-31-19-7-8-20(21(15-19)30-5)29-17(3)22-16(2)26-27-24(23(22)18(29)4)28-11-9-25(10-12-28)32-13-14-33-25/h7-8,15H,6,9-14H2,1-5H3. The molecular weight excluding hydrogens is 420 g/mol. The molecule has 2 saturated heterocycles. The number of methoxy groups -OCH3 is 1. The molecule has 4 heterocycles. The van der Waals surface area contributed by atoms with Crippen molar-refractivity contribution in [3.8, 4) is 17.2 Å². The lowest BCUT2D eigenvalue weighted by molar-refractivity contribution is -0.169. The Morgan fingerprint density at radius 3 is 2.36 bits per heavy atom. The highest BCUT2D eigenvalue weighted by Crippen LogP contribution is 2.40. The van der Waals surface area contributed by atoms with Gasteiger partial charge in [-0.15, -0.1) is 5.10 Å². The first-order valence-corrected chi connectivity index (χ1v) is 11.7. The SMILES string of the molecule is CCOc1ccc(-n2c(C)c3c(C)nnc(N4CCC5(CC4)OCCO5)c3c2C)c(OC)c1. The number of fused-ring (bicyclic) bond motifs is 1. The Labute approximate surface area is 194 Å². The summed E-state index contributed by atoms with van der Waals surface area (Å²) in [6.07, 6.45) is 1.66. The third kappa shape index (κ3) is 3.61. The van der Waals surface area contributed by atoms with Gasteiger partial charge in [-0.25, -0.2) is 0 Å². The summed E-state index contributed by atoms with van der Waals surface area (Å²) in [5.74, 6) is 2.07. The quantitative estimate of drug-likeness (QED) is 0.577. The van der Waals surface area contributed by atoms with Crippen LogP contribution in [0.2, 0.25) is 0 Å². The Bertz CT molecular complexity index is 1170. The van der Waals surface area contributed by atoms with E-state index in [0.717, 1.165) is 76.8 Å². The fourth-order valence-electron chi connectivity index (χ4n) is 5.30. The minimum atomic E-state index is -0.416. The first kappa shape index (κ1) is 22.0. The molecule has 0 radical (unpaired) electrons. The summed E-state index contributed by atoms with van der Waals surface area (Å²) in [5, 5.41) is 11.5. The predicted octanol–water partition coefficient (Wildman–Crippen LogP) is 4.10. The molecule has 0 saturated carbocycles. The summed E-state index contributed by atoms with van der Waals surface area (Å²) in [6, 6.07) is 5.98. The van der Waals surface area contributed by atoms with E-state index in [1.165, 1.54) is 0 Å². The van der Waals surface area contributed by atoms with Gasteiger partial charge >= 0.3 is 0 Å². The van der Waals surface area contributed by atoms with Crippen molar-refractivity contribution in [3.63, 3.8) is 0 Å². The highest BCUT2D eigenvalue weighted by molar-refractivity contribution is 5.99. The van der Waals surface area contributed by atoms with Crippen molar-refractivity contribution < 1.29 is 18.9 Å². The van der Waals surface area contributed by atoms with Gasteiger partial charge in [0.05, 0.1) is 38.3 Å². The van der Waals surface area contributed by atoms with Gasteiger partial charge in [-0.3, -0.25) is 0 Å². The second-order valence-corrected chi connectivity index (χ2v) is 8.73. The molecule has 0 N–H and O–H groups in total. The van der Waals surface area contributed by atoms with Crippen molar-refractivity contribution in [2.24, 2.45) is 0 Å². The Morgan fingerprint density at radius 2 is 1.70 bits per heavy atom. The zero-order valence-corrected chi connectivity index (χ0v) is 20.1. The van der Waals surface area contributed by atoms with Crippen molar-refractivity contribution in [3.05, 3.63) is 35.3 Å². The molecule has 2 aromatic heterocycles. The number of hydrogen-bond acceptors (Lipinski definition) is 7. The van der Waals surface area contributed by atoms with E-state index in [1.54, 1.807) is 7.11 Å². The van der Waals surface area contributed by atoms with Crippen LogP contribution in [0.15, 0.2) is 18.2 Å². The molecule has 5 rings (SSSR count). The van der Waals surface area contributed by atoms with Gasteiger partial charge in [-0.1, -0.05) is 0 Å². The van der Waals surface area contributed by atoms with Crippen LogP contribution in [0.25, 0.3) is 16.5 Å². The molecule has 2 fully saturated rings. The average molecular weight is 453 g/mol. The van der Waals surface area contributed by atoms with Crippen LogP contribution >= 0.6 is 0 Å². The summed E-state index contributed by atoms with van der Waals surface area (Å²) < 4.78 is 25.5. The Hall–Kier alpha value is -2.84. The molecule has 0 atom stereocenters. The average Bonchev–Trinajstić information content (AvgIpc) is 3.38. The molecule has 0 amide bonds. The number of anilines is 1. The van der Waals surface area contributed by atoms with Crippen molar-refractivity contribution >= 4 is 16.6 Å². The lowest BCUT2D eigenvalue weighted by atomic mass is 10.0. The van der Waals surface area contributed by atoms with Crippen LogP contribution < -0.4 is 14.4 Å². The maximum absolute atomic E-state index is 5.92. The lowest BCUT2D eigenvalue weighted by Gasteiger charge is -2.38. The molecule has 8 heteroatoms. The number of rotatable bonds is 5. The molecule has 0 unspecified atom stereocenters. The Morgan fingerprint density at radius 1 is 1.00 bits per heavy atom. The van der Waals surface area contributed by atoms with Crippen LogP contribution in [-0.2, 0) is 9.47 Å². The summed E-state index contributed by atoms with van der Waals surface area (Å²) in [4.78, 5) is 2.32. The van der Waals surface area contributed by atoms with Crippen molar-refractivity contribution in [1.29, 1.82) is 0 Å². The summed E-state index contributed by atoms with van der Waals surface area (Å²) in [6.45, 7) is 11.9. The van der Waals surface area contributed by atoms with E-state index in [1.807, 2.05) is 26.0 Å². The molecule has 33 heavy (non-hydrogen) atoms. The van der Waals surface area contributed by atoms with E-state index < -0.39 is 5.79 Å². The monoisotopic (exact) mass is 452 g/mol. The number of piperidine rings is 1. The van der Waals surface area contributed by atoms with Crippen LogP contribution in [0.1, 0.15) is 36.8 Å². The topological polar surface area (TPSA) is 70.9 Å². The minimum Gasteiger partial charge on any atom is -0.494 e. The molecule has 0 aliphatic carbocycles. The number of aromatic nitrogens is 3. The third-order valence-corrected chi connectivity index (χ3v) is 6.87. The van der Waals surface area contributed by atoms with Gasteiger partial charge < -0.3 is 28.4 Å². The number of ether oxygens (including phenoxy) is 4. The zero-order chi connectivity index (χ0) is 23.2. The number of hydrogen-bond donors (Lipinski definition) is 0. The first-order valence-electron chi connectivity index (χ1n) is 11.7. The largest absolute Gasteiger partial charge is 0.494 e. The van der Waals surface area contributed by atoms with Gasteiger partial charge in [0.1, 0.15) is 11.5 Å². The summed E-state index contributed by atoms with van der Waals surface area (Å²) >= 11 is 0. The third-order valence-electron chi connectivity index (χ3n) is 6.87. The van der Waals surface area contributed by atoms with Gasteiger partial charge in [0.15, 0.2) is 11.6 Å². The lowest BCUT2D eigenvalue weighted by Crippen LogP contribution is -2.45. The second-order valence-electron chi connectivity index (χ2n) is 8.73. The van der Waals surface area contributed by atoms with Gasteiger partial charge in [-0.2, -0.15) is 5.10 Å².